The van der Waals surface area contributed by atoms with Gasteiger partial charge in [-0.3, -0.25) is 0 Å². The van der Waals surface area contributed by atoms with E-state index in [1.807, 2.05) is 0 Å². The average Bonchev–Trinajstić information content (AvgIpc) is 1.90. The van der Waals surface area contributed by atoms with Crippen LogP contribution in [0.4, 0.5) is 0 Å². The summed E-state index contributed by atoms with van der Waals surface area (Å²) in [5, 5.41) is 0. The Morgan fingerprint density at radius 3 is 1.80 bits per heavy atom. The monoisotopic (exact) mass is 180 g/mol. The Hall–Kier alpha value is 0.720. The normalized spacial score (nSPS) is 17.4. The predicted octanol–water partition coefficient (Wildman–Crippen LogP) is 3.64. The minimum Gasteiger partial charge on any atom is -0.115 e. The van der Waals surface area contributed by atoms with Gasteiger partial charge >= 0.3 is 0 Å². The molecule has 10 heavy (non-hydrogen) atoms. The molecule has 2 unspecified atom stereocenters. The Kier molecular flexibility index (Phi) is 4.90. The van der Waals surface area contributed by atoms with Crippen LogP contribution in [0.1, 0.15) is 40.0 Å². The molecule has 0 saturated heterocycles. The van der Waals surface area contributed by atoms with Crippen LogP contribution in [0.15, 0.2) is 0 Å². The molecular weight excluding hydrogens is 163 g/mol. The van der Waals surface area contributed by atoms with Crippen LogP contribution in [0, 0.1) is 5.92 Å². The van der Waals surface area contributed by atoms with E-state index in [0.29, 0.717) is 5.92 Å². The third-order valence-corrected chi connectivity index (χ3v) is 3.66. The minimum absolute atomic E-state index is 0.0521. The molecule has 0 spiro atoms. The standard InChI is InChI=1S/C8H18ClP/c1-4-7(5-2)8(9,10)6-3/h7H,4-6,10H2,1-3H3. The first-order valence-corrected chi connectivity index (χ1v) is 5.01. The van der Waals surface area contributed by atoms with E-state index in [9.17, 15) is 0 Å². The van der Waals surface area contributed by atoms with Gasteiger partial charge in [-0.25, -0.2) is 0 Å². The number of alkyl halides is 1. The van der Waals surface area contributed by atoms with Gasteiger partial charge in [0.25, 0.3) is 0 Å². The lowest BCUT2D eigenvalue weighted by Gasteiger charge is -2.29. The fourth-order valence-corrected chi connectivity index (χ4v) is 2.04. The van der Waals surface area contributed by atoms with Crippen LogP contribution in [0.3, 0.4) is 0 Å². The fraction of sp³-hybridized carbons (Fsp3) is 1.00. The van der Waals surface area contributed by atoms with Crippen molar-refractivity contribution in [1.82, 2.24) is 0 Å². The molecule has 0 saturated carbocycles. The fourth-order valence-electron chi connectivity index (χ4n) is 1.26. The van der Waals surface area contributed by atoms with Crippen molar-refractivity contribution in [3.63, 3.8) is 0 Å². The molecular formula is C8H18ClP. The zero-order valence-corrected chi connectivity index (χ0v) is 9.06. The Labute approximate surface area is 71.9 Å². The molecule has 0 N–H and O–H groups in total. The van der Waals surface area contributed by atoms with E-state index in [0.717, 1.165) is 6.42 Å². The summed E-state index contributed by atoms with van der Waals surface area (Å²) in [7, 11) is 2.76. The summed E-state index contributed by atoms with van der Waals surface area (Å²) < 4.78 is -0.0521. The van der Waals surface area contributed by atoms with Crippen LogP contribution in [-0.2, 0) is 0 Å². The maximum absolute atomic E-state index is 6.25. The second-order valence-electron chi connectivity index (χ2n) is 2.79. The topological polar surface area (TPSA) is 0 Å². The zero-order valence-electron chi connectivity index (χ0n) is 7.15. The summed E-state index contributed by atoms with van der Waals surface area (Å²) in [4.78, 5) is 0. The van der Waals surface area contributed by atoms with E-state index in [1.54, 1.807) is 0 Å². The van der Waals surface area contributed by atoms with E-state index >= 15 is 0 Å². The number of rotatable bonds is 4. The van der Waals surface area contributed by atoms with Gasteiger partial charge in [0.1, 0.15) is 0 Å². The molecule has 0 amide bonds. The highest BCUT2D eigenvalue weighted by atomic mass is 35.5. The van der Waals surface area contributed by atoms with Crippen molar-refractivity contribution in [2.75, 3.05) is 0 Å². The van der Waals surface area contributed by atoms with Crippen molar-refractivity contribution in [3.05, 3.63) is 0 Å². The third kappa shape index (κ3) is 2.76. The average molecular weight is 181 g/mol. The molecule has 0 aliphatic rings. The second-order valence-corrected chi connectivity index (χ2v) is 4.89. The smallest absolute Gasteiger partial charge is 0.0609 e. The Bertz CT molecular complexity index is 87.3. The van der Waals surface area contributed by atoms with E-state index in [2.05, 4.69) is 30.0 Å². The highest BCUT2D eigenvalue weighted by Crippen LogP contribution is 2.39. The maximum Gasteiger partial charge on any atom is 0.0609 e. The molecule has 0 radical (unpaired) electrons. The third-order valence-electron chi connectivity index (χ3n) is 2.21. The van der Waals surface area contributed by atoms with Crippen LogP contribution in [0.5, 0.6) is 0 Å². The molecule has 0 aromatic carbocycles. The van der Waals surface area contributed by atoms with Crippen LogP contribution in [0.25, 0.3) is 0 Å². The predicted molar refractivity (Wildman–Crippen MR) is 52.7 cm³/mol. The summed E-state index contributed by atoms with van der Waals surface area (Å²) >= 11 is 6.25. The van der Waals surface area contributed by atoms with Gasteiger partial charge in [-0.2, -0.15) is 0 Å². The van der Waals surface area contributed by atoms with Crippen molar-refractivity contribution in [3.8, 4) is 0 Å². The lowest BCUT2D eigenvalue weighted by Crippen LogP contribution is -2.22. The molecule has 0 bridgehead atoms. The highest BCUT2D eigenvalue weighted by Gasteiger charge is 2.27. The summed E-state index contributed by atoms with van der Waals surface area (Å²) in [6, 6.07) is 0. The minimum atomic E-state index is -0.0521. The van der Waals surface area contributed by atoms with Crippen LogP contribution >= 0.6 is 20.8 Å². The number of hydrogen-bond donors (Lipinski definition) is 0. The molecule has 0 aliphatic carbocycles. The Balaban J connectivity index is 3.97. The summed E-state index contributed by atoms with van der Waals surface area (Å²) in [5.41, 5.74) is 0. The van der Waals surface area contributed by atoms with E-state index < -0.39 is 0 Å². The van der Waals surface area contributed by atoms with Crippen LogP contribution in [0.2, 0.25) is 0 Å². The zero-order chi connectivity index (χ0) is 8.20. The van der Waals surface area contributed by atoms with Crippen molar-refractivity contribution in [2.24, 2.45) is 5.92 Å². The molecule has 0 aromatic rings. The van der Waals surface area contributed by atoms with Gasteiger partial charge in [-0.15, -0.1) is 20.8 Å². The van der Waals surface area contributed by atoms with Gasteiger partial charge in [0.05, 0.1) is 4.62 Å². The number of hydrogen-bond acceptors (Lipinski definition) is 0. The Morgan fingerprint density at radius 1 is 1.30 bits per heavy atom. The van der Waals surface area contributed by atoms with Crippen LogP contribution < -0.4 is 0 Å². The van der Waals surface area contributed by atoms with Gasteiger partial charge < -0.3 is 0 Å². The molecule has 0 heterocycles. The van der Waals surface area contributed by atoms with Crippen molar-refractivity contribution >= 4 is 20.8 Å². The molecule has 0 nitrogen and oxygen atoms in total. The summed E-state index contributed by atoms with van der Waals surface area (Å²) in [5.74, 6) is 0.643. The number of halogens is 1. The quantitative estimate of drug-likeness (QED) is 0.458. The maximum atomic E-state index is 6.25. The van der Waals surface area contributed by atoms with E-state index in [1.165, 1.54) is 12.8 Å². The van der Waals surface area contributed by atoms with Crippen molar-refractivity contribution < 1.29 is 0 Å². The largest absolute Gasteiger partial charge is 0.115 e. The van der Waals surface area contributed by atoms with Crippen molar-refractivity contribution in [1.29, 1.82) is 0 Å². The lowest BCUT2D eigenvalue weighted by molar-refractivity contribution is 0.430. The SMILES string of the molecule is CCC(CC)C(P)(Cl)CC. The van der Waals surface area contributed by atoms with Gasteiger partial charge in [0.15, 0.2) is 0 Å². The molecule has 2 heteroatoms. The van der Waals surface area contributed by atoms with Gasteiger partial charge in [-0.05, 0) is 12.3 Å². The molecule has 2 atom stereocenters. The molecule has 0 aliphatic heterocycles. The molecule has 62 valence electrons. The van der Waals surface area contributed by atoms with Crippen LogP contribution in [-0.4, -0.2) is 4.62 Å². The van der Waals surface area contributed by atoms with Crippen molar-refractivity contribution in [2.45, 2.75) is 44.6 Å². The lowest BCUT2D eigenvalue weighted by atomic mass is 9.97. The first-order chi connectivity index (χ1) is 4.58. The highest BCUT2D eigenvalue weighted by molar-refractivity contribution is 7.22. The molecule has 0 fully saturated rings. The Morgan fingerprint density at radius 2 is 1.70 bits per heavy atom. The van der Waals surface area contributed by atoms with Gasteiger partial charge in [-0.1, -0.05) is 33.6 Å². The van der Waals surface area contributed by atoms with E-state index in [4.69, 9.17) is 11.6 Å². The second kappa shape index (κ2) is 4.57. The summed E-state index contributed by atoms with van der Waals surface area (Å²) in [6.07, 6.45) is 3.39. The summed E-state index contributed by atoms with van der Waals surface area (Å²) in [6.45, 7) is 6.54. The first-order valence-electron chi connectivity index (χ1n) is 4.06. The molecule has 0 rings (SSSR count). The molecule has 0 aromatic heterocycles. The van der Waals surface area contributed by atoms with Gasteiger partial charge in [0.2, 0.25) is 0 Å². The first kappa shape index (κ1) is 10.7. The van der Waals surface area contributed by atoms with E-state index in [-0.39, 0.29) is 4.62 Å². The van der Waals surface area contributed by atoms with Gasteiger partial charge in [0, 0.05) is 0 Å².